The lowest BCUT2D eigenvalue weighted by molar-refractivity contribution is 0.174. The van der Waals surface area contributed by atoms with E-state index in [0.717, 1.165) is 11.1 Å². The van der Waals surface area contributed by atoms with Crippen molar-refractivity contribution in [1.82, 2.24) is 5.32 Å². The van der Waals surface area contributed by atoms with E-state index in [1.807, 2.05) is 42.5 Å². The Hall–Kier alpha value is -2.60. The highest BCUT2D eigenvalue weighted by atomic mass is 35.5. The van der Waals surface area contributed by atoms with Crippen LogP contribution in [0.2, 0.25) is 0 Å². The van der Waals surface area contributed by atoms with Crippen LogP contribution in [0.1, 0.15) is 22.8 Å². The van der Waals surface area contributed by atoms with E-state index in [-0.39, 0.29) is 24.8 Å². The van der Waals surface area contributed by atoms with Crippen molar-refractivity contribution in [3.05, 3.63) is 95.3 Å². The van der Waals surface area contributed by atoms with E-state index in [1.165, 1.54) is 6.07 Å². The molecule has 3 aromatic carbocycles. The smallest absolute Gasteiger partial charge is 0.166 e. The fourth-order valence-corrected chi connectivity index (χ4v) is 2.93. The second kappa shape index (κ2) is 11.4. The summed E-state index contributed by atoms with van der Waals surface area (Å²) in [5.41, 5.74) is 2.21. The molecule has 0 saturated carbocycles. The Balaban J connectivity index is 0.00000300. The van der Waals surface area contributed by atoms with Crippen molar-refractivity contribution >= 4 is 12.4 Å². The topological polar surface area (TPSA) is 50.7 Å². The lowest BCUT2D eigenvalue weighted by Crippen LogP contribution is -2.21. The van der Waals surface area contributed by atoms with Gasteiger partial charge in [0.05, 0.1) is 13.2 Å². The lowest BCUT2D eigenvalue weighted by atomic mass is 10.1. The Morgan fingerprint density at radius 2 is 1.62 bits per heavy atom. The molecule has 0 aliphatic carbocycles. The van der Waals surface area contributed by atoms with Crippen LogP contribution in [-0.2, 0) is 13.2 Å². The average molecular weight is 418 g/mol. The van der Waals surface area contributed by atoms with Crippen LogP contribution in [0.4, 0.5) is 4.39 Å². The number of aliphatic hydroxyl groups is 1. The van der Waals surface area contributed by atoms with Gasteiger partial charge in [-0.05, 0) is 17.7 Å². The third kappa shape index (κ3) is 6.19. The van der Waals surface area contributed by atoms with Gasteiger partial charge in [0.25, 0.3) is 0 Å². The summed E-state index contributed by atoms with van der Waals surface area (Å²) in [4.78, 5) is 0. The molecule has 3 rings (SSSR count). The summed E-state index contributed by atoms with van der Waals surface area (Å²) in [6, 6.07) is 21.6. The molecule has 1 unspecified atom stereocenters. The Morgan fingerprint density at radius 1 is 0.931 bits per heavy atom. The van der Waals surface area contributed by atoms with Crippen molar-refractivity contribution in [3.63, 3.8) is 0 Å². The van der Waals surface area contributed by atoms with Gasteiger partial charge in [-0.1, -0.05) is 60.7 Å². The van der Waals surface area contributed by atoms with E-state index in [1.54, 1.807) is 31.4 Å². The molecule has 0 heterocycles. The van der Waals surface area contributed by atoms with Gasteiger partial charge in [0.1, 0.15) is 12.4 Å². The van der Waals surface area contributed by atoms with Gasteiger partial charge < -0.3 is 19.9 Å². The maximum atomic E-state index is 13.9. The SMILES string of the molecule is COc1cccc(CNCC(O)c2ccccc2)c1OCc1ccccc1F.Cl. The van der Waals surface area contributed by atoms with Gasteiger partial charge in [0.15, 0.2) is 11.5 Å². The molecular formula is C23H25ClFNO3. The number of benzene rings is 3. The van der Waals surface area contributed by atoms with Gasteiger partial charge in [-0.15, -0.1) is 12.4 Å². The molecule has 2 N–H and O–H groups in total. The number of methoxy groups -OCH3 is 1. The van der Waals surface area contributed by atoms with Crippen molar-refractivity contribution in [2.75, 3.05) is 13.7 Å². The second-order valence-electron chi connectivity index (χ2n) is 6.39. The summed E-state index contributed by atoms with van der Waals surface area (Å²) in [6.45, 7) is 0.981. The first-order valence-electron chi connectivity index (χ1n) is 9.15. The number of para-hydroxylation sites is 1. The minimum Gasteiger partial charge on any atom is -0.493 e. The molecule has 0 aliphatic heterocycles. The zero-order valence-corrected chi connectivity index (χ0v) is 17.0. The highest BCUT2D eigenvalue weighted by molar-refractivity contribution is 5.85. The predicted octanol–water partition coefficient (Wildman–Crippen LogP) is 4.66. The minimum absolute atomic E-state index is 0. The number of aliphatic hydroxyl groups excluding tert-OH is 1. The third-order valence-electron chi connectivity index (χ3n) is 4.45. The van der Waals surface area contributed by atoms with E-state index in [0.29, 0.717) is 30.2 Å². The quantitative estimate of drug-likeness (QED) is 0.531. The van der Waals surface area contributed by atoms with E-state index < -0.39 is 6.10 Å². The Morgan fingerprint density at radius 3 is 2.34 bits per heavy atom. The first-order chi connectivity index (χ1) is 13.7. The predicted molar refractivity (Wildman–Crippen MR) is 114 cm³/mol. The summed E-state index contributed by atoms with van der Waals surface area (Å²) in [7, 11) is 1.57. The molecule has 6 heteroatoms. The normalized spacial score (nSPS) is 11.4. The molecule has 0 fully saturated rings. The molecule has 0 saturated heterocycles. The fourth-order valence-electron chi connectivity index (χ4n) is 2.93. The number of halogens is 2. The Bertz CT molecular complexity index is 892. The number of rotatable bonds is 9. The standard InChI is InChI=1S/C23H24FNO3.ClH/c1-27-22-13-7-11-18(14-25-15-21(26)17-8-3-2-4-9-17)23(22)28-16-19-10-5-6-12-20(19)24;/h2-13,21,25-26H,14-16H2,1H3;1H. The number of ether oxygens (including phenoxy) is 2. The van der Waals surface area contributed by atoms with E-state index in [2.05, 4.69) is 5.32 Å². The van der Waals surface area contributed by atoms with Crippen LogP contribution in [-0.4, -0.2) is 18.8 Å². The number of hydrogen-bond donors (Lipinski definition) is 2. The van der Waals surface area contributed by atoms with Crippen molar-refractivity contribution in [1.29, 1.82) is 0 Å². The largest absolute Gasteiger partial charge is 0.493 e. The summed E-state index contributed by atoms with van der Waals surface area (Å²) in [5.74, 6) is 0.845. The van der Waals surface area contributed by atoms with Crippen LogP contribution >= 0.6 is 12.4 Å². The van der Waals surface area contributed by atoms with Crippen molar-refractivity contribution in [3.8, 4) is 11.5 Å². The maximum absolute atomic E-state index is 13.9. The molecule has 4 nitrogen and oxygen atoms in total. The van der Waals surface area contributed by atoms with Crippen LogP contribution < -0.4 is 14.8 Å². The van der Waals surface area contributed by atoms with Crippen molar-refractivity contribution in [2.45, 2.75) is 19.3 Å². The molecule has 0 aliphatic rings. The molecular weight excluding hydrogens is 393 g/mol. The minimum atomic E-state index is -0.602. The summed E-state index contributed by atoms with van der Waals surface area (Å²) in [5, 5.41) is 13.5. The summed E-state index contributed by atoms with van der Waals surface area (Å²) >= 11 is 0. The van der Waals surface area contributed by atoms with E-state index in [4.69, 9.17) is 9.47 Å². The van der Waals surface area contributed by atoms with Gasteiger partial charge in [0.2, 0.25) is 0 Å². The third-order valence-corrected chi connectivity index (χ3v) is 4.45. The zero-order valence-electron chi connectivity index (χ0n) is 16.2. The maximum Gasteiger partial charge on any atom is 0.166 e. The van der Waals surface area contributed by atoms with E-state index >= 15 is 0 Å². The van der Waals surface area contributed by atoms with Gasteiger partial charge >= 0.3 is 0 Å². The first-order valence-corrected chi connectivity index (χ1v) is 9.15. The first kappa shape index (κ1) is 22.7. The molecule has 0 aromatic heterocycles. The molecule has 154 valence electrons. The van der Waals surface area contributed by atoms with Crippen LogP contribution in [0.25, 0.3) is 0 Å². The van der Waals surface area contributed by atoms with Crippen molar-refractivity contribution < 1.29 is 19.0 Å². The summed E-state index contributed by atoms with van der Waals surface area (Å²) < 4.78 is 25.2. The Kier molecular flexibility index (Phi) is 8.93. The molecule has 0 amide bonds. The highest BCUT2D eigenvalue weighted by Gasteiger charge is 2.13. The van der Waals surface area contributed by atoms with Gasteiger partial charge in [0, 0.05) is 24.2 Å². The summed E-state index contributed by atoms with van der Waals surface area (Å²) in [6.07, 6.45) is -0.602. The van der Waals surface area contributed by atoms with Crippen LogP contribution in [0.5, 0.6) is 11.5 Å². The van der Waals surface area contributed by atoms with Gasteiger partial charge in [-0.3, -0.25) is 0 Å². The van der Waals surface area contributed by atoms with Crippen molar-refractivity contribution in [2.24, 2.45) is 0 Å². The monoisotopic (exact) mass is 417 g/mol. The molecule has 29 heavy (non-hydrogen) atoms. The van der Waals surface area contributed by atoms with Gasteiger partial charge in [-0.2, -0.15) is 0 Å². The van der Waals surface area contributed by atoms with Crippen LogP contribution in [0.15, 0.2) is 72.8 Å². The van der Waals surface area contributed by atoms with Crippen LogP contribution in [0.3, 0.4) is 0 Å². The fraction of sp³-hybridized carbons (Fsp3) is 0.217. The molecule has 0 radical (unpaired) electrons. The molecule has 3 aromatic rings. The molecule has 1 atom stereocenters. The number of nitrogens with one attached hydrogen (secondary N) is 1. The highest BCUT2D eigenvalue weighted by Crippen LogP contribution is 2.32. The Labute approximate surface area is 176 Å². The zero-order chi connectivity index (χ0) is 19.8. The lowest BCUT2D eigenvalue weighted by Gasteiger charge is -2.17. The van der Waals surface area contributed by atoms with Gasteiger partial charge in [-0.25, -0.2) is 4.39 Å². The molecule has 0 spiro atoms. The average Bonchev–Trinajstić information content (AvgIpc) is 2.74. The van der Waals surface area contributed by atoms with E-state index in [9.17, 15) is 9.50 Å². The van der Waals surface area contributed by atoms with Crippen LogP contribution in [0, 0.1) is 5.82 Å². The molecule has 0 bridgehead atoms. The second-order valence-corrected chi connectivity index (χ2v) is 6.39. The number of hydrogen-bond acceptors (Lipinski definition) is 4.